The van der Waals surface area contributed by atoms with Gasteiger partial charge in [-0.3, -0.25) is 14.4 Å². The first-order valence-electron chi connectivity index (χ1n) is 8.13. The first-order valence-corrected chi connectivity index (χ1v) is 9.57. The summed E-state index contributed by atoms with van der Waals surface area (Å²) < 4.78 is 33.4. The molecule has 0 radical (unpaired) electrons. The van der Waals surface area contributed by atoms with Crippen molar-refractivity contribution in [3.05, 3.63) is 56.6 Å². The number of fused-ring (bicyclic) bond motifs is 1. The molecule has 138 valence electrons. The van der Waals surface area contributed by atoms with E-state index >= 15 is 0 Å². The number of nitro benzene ring substituents is 1. The lowest BCUT2D eigenvalue weighted by atomic mass is 10.1. The van der Waals surface area contributed by atoms with Gasteiger partial charge in [-0.2, -0.15) is 0 Å². The quantitative estimate of drug-likeness (QED) is 0.603. The summed E-state index contributed by atoms with van der Waals surface area (Å²) in [7, 11) is -2.30. The number of ether oxygens (including phenoxy) is 1. The third-order valence-corrected chi connectivity index (χ3v) is 6.98. The minimum absolute atomic E-state index is 0.120. The summed E-state index contributed by atoms with van der Waals surface area (Å²) in [6.45, 7) is 5.56. The second kappa shape index (κ2) is 6.28. The van der Waals surface area contributed by atoms with Crippen molar-refractivity contribution in [3.63, 3.8) is 0 Å². The summed E-state index contributed by atoms with van der Waals surface area (Å²) >= 11 is 0. The van der Waals surface area contributed by atoms with Crippen molar-refractivity contribution in [2.45, 2.75) is 32.1 Å². The van der Waals surface area contributed by atoms with Crippen molar-refractivity contribution in [2.75, 3.05) is 18.0 Å². The van der Waals surface area contributed by atoms with E-state index in [2.05, 4.69) is 0 Å². The zero-order chi connectivity index (χ0) is 19.2. The van der Waals surface area contributed by atoms with E-state index in [0.29, 0.717) is 29.0 Å². The summed E-state index contributed by atoms with van der Waals surface area (Å²) in [5.74, 6) is 0.636. The number of non-ortho nitro benzene ring substituents is 1. The topological polar surface area (TPSA) is 89.8 Å². The van der Waals surface area contributed by atoms with Crippen molar-refractivity contribution in [3.8, 4) is 5.75 Å². The number of aryl methyl sites for hydroxylation is 1. The molecule has 0 amide bonds. The van der Waals surface area contributed by atoms with Crippen LogP contribution in [0.15, 0.2) is 29.2 Å². The second-order valence-electron chi connectivity index (χ2n) is 6.37. The van der Waals surface area contributed by atoms with Crippen LogP contribution >= 0.6 is 0 Å². The Labute approximate surface area is 152 Å². The Morgan fingerprint density at radius 3 is 2.46 bits per heavy atom. The van der Waals surface area contributed by atoms with E-state index in [9.17, 15) is 18.5 Å². The van der Waals surface area contributed by atoms with Gasteiger partial charge in [-0.15, -0.1) is 0 Å². The molecule has 0 unspecified atom stereocenters. The summed E-state index contributed by atoms with van der Waals surface area (Å²) in [5.41, 5.74) is 3.02. The molecule has 26 heavy (non-hydrogen) atoms. The van der Waals surface area contributed by atoms with Gasteiger partial charge in [0.15, 0.2) is 0 Å². The van der Waals surface area contributed by atoms with Gasteiger partial charge in [0.25, 0.3) is 15.7 Å². The molecular weight excluding hydrogens is 356 g/mol. The standard InChI is InChI=1S/C18H20N2O5S/c1-11-9-17(25-4)12(2)13(3)18(11)26(23,24)19-8-7-14-5-6-15(20(21)22)10-16(14)19/h5-6,9-10H,7-8H2,1-4H3. The highest BCUT2D eigenvalue weighted by Gasteiger charge is 2.34. The van der Waals surface area contributed by atoms with E-state index in [1.54, 1.807) is 33.1 Å². The van der Waals surface area contributed by atoms with Crippen LogP contribution in [0, 0.1) is 30.9 Å². The lowest BCUT2D eigenvalue weighted by Gasteiger charge is -2.23. The lowest BCUT2D eigenvalue weighted by Crippen LogP contribution is -2.30. The Hall–Kier alpha value is -2.61. The first-order chi connectivity index (χ1) is 12.2. The molecule has 1 aliphatic heterocycles. The molecule has 2 aromatic carbocycles. The van der Waals surface area contributed by atoms with Gasteiger partial charge in [0.1, 0.15) is 5.75 Å². The van der Waals surface area contributed by atoms with Gasteiger partial charge < -0.3 is 4.74 Å². The molecule has 0 fully saturated rings. The van der Waals surface area contributed by atoms with E-state index in [-0.39, 0.29) is 17.1 Å². The van der Waals surface area contributed by atoms with E-state index in [4.69, 9.17) is 4.74 Å². The molecule has 3 rings (SSSR count). The highest BCUT2D eigenvalue weighted by Crippen LogP contribution is 2.38. The molecular formula is C18H20N2O5S. The highest BCUT2D eigenvalue weighted by molar-refractivity contribution is 7.93. The smallest absolute Gasteiger partial charge is 0.271 e. The first kappa shape index (κ1) is 18.2. The molecule has 1 heterocycles. The van der Waals surface area contributed by atoms with E-state index < -0.39 is 14.9 Å². The number of hydrogen-bond acceptors (Lipinski definition) is 5. The van der Waals surface area contributed by atoms with Gasteiger partial charge in [0.05, 0.1) is 22.6 Å². The van der Waals surface area contributed by atoms with Crippen LogP contribution in [0.4, 0.5) is 11.4 Å². The Kier molecular flexibility index (Phi) is 4.39. The molecule has 0 saturated carbocycles. The maximum atomic E-state index is 13.4. The van der Waals surface area contributed by atoms with Gasteiger partial charge in [-0.25, -0.2) is 8.42 Å². The molecule has 0 saturated heterocycles. The minimum Gasteiger partial charge on any atom is -0.496 e. The number of nitrogens with zero attached hydrogens (tertiary/aromatic N) is 2. The zero-order valence-electron chi connectivity index (χ0n) is 15.1. The molecule has 0 bridgehead atoms. The molecule has 8 heteroatoms. The Morgan fingerprint density at radius 2 is 1.85 bits per heavy atom. The molecule has 0 aromatic heterocycles. The molecule has 0 atom stereocenters. The number of benzene rings is 2. The molecule has 2 aromatic rings. The SMILES string of the molecule is COc1cc(C)c(S(=O)(=O)N2CCc3ccc([N+](=O)[O-])cc32)c(C)c1C. The van der Waals surface area contributed by atoms with Gasteiger partial charge in [-0.1, -0.05) is 6.07 Å². The van der Waals surface area contributed by atoms with E-state index in [1.807, 2.05) is 6.92 Å². The largest absolute Gasteiger partial charge is 0.496 e. The molecule has 0 spiro atoms. The van der Waals surface area contributed by atoms with Crippen molar-refractivity contribution < 1.29 is 18.1 Å². The van der Waals surface area contributed by atoms with Crippen molar-refractivity contribution >= 4 is 21.4 Å². The maximum absolute atomic E-state index is 13.4. The number of sulfonamides is 1. The molecule has 0 N–H and O–H groups in total. The Morgan fingerprint density at radius 1 is 1.15 bits per heavy atom. The van der Waals surface area contributed by atoms with Crippen LogP contribution in [-0.2, 0) is 16.4 Å². The highest BCUT2D eigenvalue weighted by atomic mass is 32.2. The van der Waals surface area contributed by atoms with Crippen LogP contribution < -0.4 is 9.04 Å². The number of rotatable bonds is 4. The summed E-state index contributed by atoms with van der Waals surface area (Å²) in [6, 6.07) is 6.07. The van der Waals surface area contributed by atoms with Crippen LogP contribution in [0.1, 0.15) is 22.3 Å². The summed E-state index contributed by atoms with van der Waals surface area (Å²) in [5, 5.41) is 11.1. The number of nitro groups is 1. The predicted molar refractivity (Wildman–Crippen MR) is 98.5 cm³/mol. The average molecular weight is 376 g/mol. The fraction of sp³-hybridized carbons (Fsp3) is 0.333. The normalized spacial score (nSPS) is 13.6. The lowest BCUT2D eigenvalue weighted by molar-refractivity contribution is -0.384. The van der Waals surface area contributed by atoms with Crippen LogP contribution in [-0.4, -0.2) is 27.0 Å². The van der Waals surface area contributed by atoms with Crippen molar-refractivity contribution in [1.29, 1.82) is 0 Å². The number of anilines is 1. The zero-order valence-corrected chi connectivity index (χ0v) is 15.9. The van der Waals surface area contributed by atoms with Gasteiger partial charge in [0, 0.05) is 18.7 Å². The van der Waals surface area contributed by atoms with E-state index in [0.717, 1.165) is 11.1 Å². The van der Waals surface area contributed by atoms with Gasteiger partial charge >= 0.3 is 0 Å². The third-order valence-electron chi connectivity index (χ3n) is 4.88. The van der Waals surface area contributed by atoms with Gasteiger partial charge in [0.2, 0.25) is 0 Å². The van der Waals surface area contributed by atoms with Crippen molar-refractivity contribution in [2.24, 2.45) is 0 Å². The second-order valence-corrected chi connectivity index (χ2v) is 8.17. The summed E-state index contributed by atoms with van der Waals surface area (Å²) in [6.07, 6.45) is 0.528. The molecule has 1 aliphatic rings. The van der Waals surface area contributed by atoms with E-state index in [1.165, 1.54) is 16.4 Å². The van der Waals surface area contributed by atoms with Gasteiger partial charge in [-0.05, 0) is 55.5 Å². The number of hydrogen-bond donors (Lipinski definition) is 0. The monoisotopic (exact) mass is 376 g/mol. The third kappa shape index (κ3) is 2.70. The fourth-order valence-corrected chi connectivity index (χ4v) is 5.43. The fourth-order valence-electron chi connectivity index (χ4n) is 3.44. The predicted octanol–water partition coefficient (Wildman–Crippen LogP) is 3.28. The van der Waals surface area contributed by atoms with Crippen LogP contribution in [0.25, 0.3) is 0 Å². The van der Waals surface area contributed by atoms with Crippen LogP contribution in [0.5, 0.6) is 5.75 Å². The maximum Gasteiger partial charge on any atom is 0.271 e. The average Bonchev–Trinajstić information content (AvgIpc) is 3.01. The minimum atomic E-state index is -3.85. The molecule has 0 aliphatic carbocycles. The Balaban J connectivity index is 2.17. The van der Waals surface area contributed by atoms with Crippen molar-refractivity contribution in [1.82, 2.24) is 0 Å². The Bertz CT molecular complexity index is 1010. The molecule has 7 nitrogen and oxygen atoms in total. The van der Waals surface area contributed by atoms with Crippen LogP contribution in [0.2, 0.25) is 0 Å². The van der Waals surface area contributed by atoms with Crippen LogP contribution in [0.3, 0.4) is 0 Å². The number of methoxy groups -OCH3 is 1. The summed E-state index contributed by atoms with van der Waals surface area (Å²) in [4.78, 5) is 10.8.